The molecule has 0 saturated carbocycles. The highest BCUT2D eigenvalue weighted by molar-refractivity contribution is 5.70. The molecule has 0 unspecified atom stereocenters. The molecule has 1 aromatic carbocycles. The number of benzene rings is 1. The van der Waals surface area contributed by atoms with Crippen LogP contribution in [0.1, 0.15) is 18.4 Å². The van der Waals surface area contributed by atoms with Crippen LogP contribution in [0.4, 0.5) is 10.5 Å². The zero-order chi connectivity index (χ0) is 12.3. The average Bonchev–Trinajstić information content (AvgIpc) is 2.81. The van der Waals surface area contributed by atoms with Crippen LogP contribution in [0.3, 0.4) is 0 Å². The molecule has 0 aromatic heterocycles. The van der Waals surface area contributed by atoms with Crippen LogP contribution >= 0.6 is 0 Å². The molecular formula is C13H18N2O2. The van der Waals surface area contributed by atoms with E-state index in [0.717, 1.165) is 24.3 Å². The second-order valence-electron chi connectivity index (χ2n) is 4.34. The number of rotatable bonds is 2. The summed E-state index contributed by atoms with van der Waals surface area (Å²) in [5.41, 5.74) is 2.25. The Morgan fingerprint density at radius 3 is 2.65 bits per heavy atom. The van der Waals surface area contributed by atoms with Gasteiger partial charge in [-0.1, -0.05) is 0 Å². The van der Waals surface area contributed by atoms with E-state index >= 15 is 0 Å². The highest BCUT2D eigenvalue weighted by Crippen LogP contribution is 2.26. The van der Waals surface area contributed by atoms with Crippen molar-refractivity contribution >= 4 is 11.8 Å². The summed E-state index contributed by atoms with van der Waals surface area (Å²) in [6.45, 7) is 4.18. The number of carbonyl (C=O) groups excluding carboxylic acids is 1. The predicted octanol–water partition coefficient (Wildman–Crippen LogP) is 2.31. The van der Waals surface area contributed by atoms with E-state index in [1.54, 1.807) is 7.05 Å². The summed E-state index contributed by atoms with van der Waals surface area (Å²) in [5.74, 6) is 0.603. The van der Waals surface area contributed by atoms with E-state index in [1.165, 1.54) is 12.8 Å². The van der Waals surface area contributed by atoms with E-state index in [9.17, 15) is 4.79 Å². The molecule has 1 N–H and O–H groups in total. The average molecular weight is 234 g/mol. The summed E-state index contributed by atoms with van der Waals surface area (Å²) in [6.07, 6.45) is 2.04. The van der Waals surface area contributed by atoms with Crippen LogP contribution < -0.4 is 15.0 Å². The van der Waals surface area contributed by atoms with Gasteiger partial charge in [-0.15, -0.1) is 0 Å². The number of hydrogen-bond donors (Lipinski definition) is 1. The number of nitrogens with zero attached hydrogens (tertiary/aromatic N) is 1. The lowest BCUT2D eigenvalue weighted by Gasteiger charge is -2.19. The first-order valence-electron chi connectivity index (χ1n) is 5.95. The van der Waals surface area contributed by atoms with Gasteiger partial charge in [0.25, 0.3) is 0 Å². The Morgan fingerprint density at radius 1 is 1.29 bits per heavy atom. The van der Waals surface area contributed by atoms with E-state index in [1.807, 2.05) is 19.1 Å². The van der Waals surface area contributed by atoms with Crippen LogP contribution in [-0.2, 0) is 0 Å². The van der Waals surface area contributed by atoms with Gasteiger partial charge in [0.2, 0.25) is 0 Å². The van der Waals surface area contributed by atoms with Gasteiger partial charge < -0.3 is 15.0 Å². The molecule has 0 bridgehead atoms. The van der Waals surface area contributed by atoms with E-state index in [4.69, 9.17) is 4.74 Å². The summed E-state index contributed by atoms with van der Waals surface area (Å²) < 4.78 is 5.17. The summed E-state index contributed by atoms with van der Waals surface area (Å²) in [4.78, 5) is 13.5. The molecule has 1 aliphatic rings. The van der Waals surface area contributed by atoms with E-state index < -0.39 is 6.09 Å². The molecule has 1 fully saturated rings. The Kier molecular flexibility index (Phi) is 3.52. The third-order valence-electron chi connectivity index (χ3n) is 2.92. The van der Waals surface area contributed by atoms with Crippen LogP contribution in [0.5, 0.6) is 5.75 Å². The van der Waals surface area contributed by atoms with Crippen molar-refractivity contribution in [1.82, 2.24) is 5.32 Å². The van der Waals surface area contributed by atoms with Crippen LogP contribution in [0, 0.1) is 6.92 Å². The Balaban J connectivity index is 2.19. The molecule has 4 nitrogen and oxygen atoms in total. The van der Waals surface area contributed by atoms with Crippen LogP contribution in [-0.4, -0.2) is 26.2 Å². The third kappa shape index (κ3) is 2.90. The molecule has 17 heavy (non-hydrogen) atoms. The van der Waals surface area contributed by atoms with Crippen molar-refractivity contribution in [2.24, 2.45) is 0 Å². The Bertz CT molecular complexity index is 412. The van der Waals surface area contributed by atoms with Gasteiger partial charge in [0, 0.05) is 31.9 Å². The quantitative estimate of drug-likeness (QED) is 0.853. The monoisotopic (exact) mass is 234 g/mol. The summed E-state index contributed by atoms with van der Waals surface area (Å²) in [7, 11) is 1.56. The Morgan fingerprint density at radius 2 is 2.00 bits per heavy atom. The molecule has 0 radical (unpaired) electrons. The van der Waals surface area contributed by atoms with Gasteiger partial charge >= 0.3 is 6.09 Å². The van der Waals surface area contributed by atoms with Crippen LogP contribution in [0.2, 0.25) is 0 Å². The van der Waals surface area contributed by atoms with Crippen molar-refractivity contribution < 1.29 is 9.53 Å². The normalized spacial score (nSPS) is 14.8. The van der Waals surface area contributed by atoms with Gasteiger partial charge in [-0.2, -0.15) is 0 Å². The van der Waals surface area contributed by atoms with E-state index in [-0.39, 0.29) is 0 Å². The van der Waals surface area contributed by atoms with Crippen LogP contribution in [0.25, 0.3) is 0 Å². The lowest BCUT2D eigenvalue weighted by atomic mass is 10.2. The number of hydrogen-bond acceptors (Lipinski definition) is 3. The first-order chi connectivity index (χ1) is 8.19. The minimum Gasteiger partial charge on any atom is -0.410 e. The molecule has 1 amide bonds. The summed E-state index contributed by atoms with van der Waals surface area (Å²) in [6, 6.07) is 5.92. The summed E-state index contributed by atoms with van der Waals surface area (Å²) in [5, 5.41) is 2.45. The van der Waals surface area contributed by atoms with E-state index in [2.05, 4.69) is 16.3 Å². The fraction of sp³-hybridized carbons (Fsp3) is 0.462. The molecule has 1 aliphatic heterocycles. The molecule has 2 rings (SSSR count). The Labute approximate surface area is 102 Å². The molecular weight excluding hydrogens is 216 g/mol. The molecule has 0 spiro atoms. The molecule has 1 saturated heterocycles. The first-order valence-corrected chi connectivity index (χ1v) is 5.95. The number of nitrogens with one attached hydrogen (secondary N) is 1. The van der Waals surface area contributed by atoms with Crippen molar-refractivity contribution in [1.29, 1.82) is 0 Å². The lowest BCUT2D eigenvalue weighted by molar-refractivity contribution is 0.203. The second-order valence-corrected chi connectivity index (χ2v) is 4.34. The topological polar surface area (TPSA) is 41.6 Å². The third-order valence-corrected chi connectivity index (χ3v) is 2.92. The van der Waals surface area contributed by atoms with Gasteiger partial charge in [-0.05, 0) is 37.5 Å². The molecule has 4 heteroatoms. The number of amides is 1. The smallest absolute Gasteiger partial charge is 0.410 e. The standard InChI is InChI=1S/C13H18N2O2/c1-10-7-11(15-5-3-4-6-15)9-12(8-10)17-13(16)14-2/h7-9H,3-6H2,1-2H3,(H,14,16). The fourth-order valence-corrected chi connectivity index (χ4v) is 2.10. The van der Waals surface area contributed by atoms with Crippen molar-refractivity contribution in [3.05, 3.63) is 23.8 Å². The minimum absolute atomic E-state index is 0.428. The van der Waals surface area contributed by atoms with Gasteiger partial charge in [0.1, 0.15) is 5.75 Å². The maximum absolute atomic E-state index is 11.2. The lowest BCUT2D eigenvalue weighted by Crippen LogP contribution is -2.22. The second kappa shape index (κ2) is 5.08. The molecule has 1 heterocycles. The molecule has 0 aliphatic carbocycles. The Hall–Kier alpha value is -1.71. The highest BCUT2D eigenvalue weighted by atomic mass is 16.5. The fourth-order valence-electron chi connectivity index (χ4n) is 2.10. The maximum atomic E-state index is 11.2. The van der Waals surface area contributed by atoms with Crippen molar-refractivity contribution in [3.8, 4) is 5.75 Å². The van der Waals surface area contributed by atoms with Gasteiger partial charge in [0.05, 0.1) is 0 Å². The maximum Gasteiger partial charge on any atom is 0.412 e. The SMILES string of the molecule is CNC(=O)Oc1cc(C)cc(N2CCCC2)c1. The zero-order valence-electron chi connectivity index (χ0n) is 10.3. The van der Waals surface area contributed by atoms with Gasteiger partial charge in [-0.3, -0.25) is 0 Å². The van der Waals surface area contributed by atoms with Crippen molar-refractivity contribution in [2.75, 3.05) is 25.0 Å². The number of anilines is 1. The molecule has 92 valence electrons. The number of carbonyl (C=O) groups is 1. The highest BCUT2D eigenvalue weighted by Gasteiger charge is 2.14. The minimum atomic E-state index is -0.428. The zero-order valence-corrected chi connectivity index (χ0v) is 10.3. The van der Waals surface area contributed by atoms with Gasteiger partial charge in [0.15, 0.2) is 0 Å². The van der Waals surface area contributed by atoms with Crippen LogP contribution in [0.15, 0.2) is 18.2 Å². The molecule has 1 aromatic rings. The largest absolute Gasteiger partial charge is 0.412 e. The van der Waals surface area contributed by atoms with Crippen molar-refractivity contribution in [3.63, 3.8) is 0 Å². The summed E-state index contributed by atoms with van der Waals surface area (Å²) >= 11 is 0. The first kappa shape index (κ1) is 11.8. The molecule has 0 atom stereocenters. The number of ether oxygens (including phenoxy) is 1. The number of aryl methyl sites for hydroxylation is 1. The van der Waals surface area contributed by atoms with Crippen molar-refractivity contribution in [2.45, 2.75) is 19.8 Å². The predicted molar refractivity (Wildman–Crippen MR) is 67.7 cm³/mol. The van der Waals surface area contributed by atoms with Gasteiger partial charge in [-0.25, -0.2) is 4.79 Å². The van der Waals surface area contributed by atoms with E-state index in [0.29, 0.717) is 5.75 Å².